The van der Waals surface area contributed by atoms with Gasteiger partial charge < -0.3 is 19.5 Å². The van der Waals surface area contributed by atoms with Gasteiger partial charge >= 0.3 is 0 Å². The fourth-order valence-corrected chi connectivity index (χ4v) is 4.89. The Labute approximate surface area is 173 Å². The lowest BCUT2D eigenvalue weighted by atomic mass is 9.74. The van der Waals surface area contributed by atoms with Crippen molar-refractivity contribution < 1.29 is 14.3 Å². The van der Waals surface area contributed by atoms with Gasteiger partial charge in [-0.3, -0.25) is 9.59 Å². The number of nitrogens with one attached hydrogen (secondary N) is 1. The van der Waals surface area contributed by atoms with Crippen molar-refractivity contribution in [2.24, 2.45) is 7.05 Å². The van der Waals surface area contributed by atoms with E-state index in [0.29, 0.717) is 26.0 Å². The molecule has 1 aromatic heterocycles. The number of rotatable bonds is 5. The normalized spacial score (nSPS) is 28.2. The highest BCUT2D eigenvalue weighted by atomic mass is 16.5. The number of nitrogens with zero attached hydrogens (tertiary/aromatic N) is 2. The molecule has 1 saturated heterocycles. The largest absolute Gasteiger partial charge is 0.373 e. The number of ether oxygens (including phenoxy) is 1. The van der Waals surface area contributed by atoms with Crippen molar-refractivity contribution in [3.63, 3.8) is 0 Å². The van der Waals surface area contributed by atoms with E-state index in [4.69, 9.17) is 4.74 Å². The third-order valence-electron chi connectivity index (χ3n) is 6.97. The number of hydrogen-bond donors (Lipinski definition) is 1. The lowest BCUT2D eigenvalue weighted by Crippen LogP contribution is -2.65. The van der Waals surface area contributed by atoms with Gasteiger partial charge in [-0.15, -0.1) is 0 Å². The van der Waals surface area contributed by atoms with E-state index in [0.717, 1.165) is 44.2 Å². The molecule has 1 aromatic rings. The lowest BCUT2D eigenvalue weighted by Gasteiger charge is -2.54. The molecule has 2 unspecified atom stereocenters. The first-order valence-electron chi connectivity index (χ1n) is 10.9. The molecule has 2 amide bonds. The zero-order valence-electron chi connectivity index (χ0n) is 17.7. The van der Waals surface area contributed by atoms with Crippen LogP contribution in [0, 0.1) is 0 Å². The van der Waals surface area contributed by atoms with Gasteiger partial charge in [0.05, 0.1) is 31.1 Å². The molecular weight excluding hydrogens is 366 g/mol. The van der Waals surface area contributed by atoms with Gasteiger partial charge in [0.25, 0.3) is 0 Å². The van der Waals surface area contributed by atoms with Crippen LogP contribution in [-0.4, -0.2) is 51.6 Å². The molecule has 29 heavy (non-hydrogen) atoms. The average molecular weight is 400 g/mol. The SMILES string of the molecule is Cn1cccc1CC(=O)N1CC(CC(=O)NC2(C)CC=CCC2)OCC12CCC2. The molecule has 6 heteroatoms. The van der Waals surface area contributed by atoms with Gasteiger partial charge in [0, 0.05) is 31.0 Å². The number of carbonyl (C=O) groups excluding carboxylic acids is 2. The zero-order valence-corrected chi connectivity index (χ0v) is 17.7. The van der Waals surface area contributed by atoms with E-state index >= 15 is 0 Å². The minimum atomic E-state index is -0.235. The Bertz CT molecular complexity index is 795. The van der Waals surface area contributed by atoms with Gasteiger partial charge in [-0.1, -0.05) is 12.2 Å². The summed E-state index contributed by atoms with van der Waals surface area (Å²) in [6.45, 7) is 3.16. The minimum absolute atomic E-state index is 0.0205. The molecule has 2 fully saturated rings. The monoisotopic (exact) mass is 399 g/mol. The maximum absolute atomic E-state index is 13.2. The van der Waals surface area contributed by atoms with Crippen molar-refractivity contribution >= 4 is 11.8 Å². The van der Waals surface area contributed by atoms with E-state index in [-0.39, 0.29) is 29.0 Å². The lowest BCUT2D eigenvalue weighted by molar-refractivity contribution is -0.172. The average Bonchev–Trinajstić information content (AvgIpc) is 3.05. The number of hydrogen-bond acceptors (Lipinski definition) is 3. The number of allylic oxidation sites excluding steroid dienone is 1. The summed E-state index contributed by atoms with van der Waals surface area (Å²) in [7, 11) is 1.97. The second-order valence-corrected chi connectivity index (χ2v) is 9.33. The van der Waals surface area contributed by atoms with Gasteiger partial charge in [0.2, 0.25) is 11.8 Å². The summed E-state index contributed by atoms with van der Waals surface area (Å²) in [5, 5.41) is 3.20. The predicted molar refractivity (Wildman–Crippen MR) is 111 cm³/mol. The van der Waals surface area contributed by atoms with E-state index < -0.39 is 0 Å². The molecule has 0 radical (unpaired) electrons. The van der Waals surface area contributed by atoms with E-state index in [1.807, 2.05) is 34.8 Å². The molecule has 1 aliphatic heterocycles. The van der Waals surface area contributed by atoms with Crippen molar-refractivity contribution in [1.82, 2.24) is 14.8 Å². The van der Waals surface area contributed by atoms with Crippen LogP contribution in [-0.2, 0) is 27.8 Å². The summed E-state index contributed by atoms with van der Waals surface area (Å²) in [4.78, 5) is 27.9. The number of morpholine rings is 1. The van der Waals surface area contributed by atoms with Crippen molar-refractivity contribution in [2.45, 2.75) is 75.5 Å². The highest BCUT2D eigenvalue weighted by Crippen LogP contribution is 2.41. The Morgan fingerprint density at radius 3 is 2.72 bits per heavy atom. The van der Waals surface area contributed by atoms with Gasteiger partial charge in [0.1, 0.15) is 0 Å². The smallest absolute Gasteiger partial charge is 0.229 e. The van der Waals surface area contributed by atoms with E-state index in [2.05, 4.69) is 24.4 Å². The highest BCUT2D eigenvalue weighted by molar-refractivity contribution is 5.80. The summed E-state index contributed by atoms with van der Waals surface area (Å²) in [5.41, 5.74) is 0.691. The Morgan fingerprint density at radius 2 is 2.10 bits per heavy atom. The van der Waals surface area contributed by atoms with Gasteiger partial charge in [-0.2, -0.15) is 0 Å². The van der Waals surface area contributed by atoms with Crippen LogP contribution in [0.15, 0.2) is 30.5 Å². The van der Waals surface area contributed by atoms with Gasteiger partial charge in [-0.05, 0) is 57.6 Å². The fraction of sp³-hybridized carbons (Fsp3) is 0.652. The summed E-state index contributed by atoms with van der Waals surface area (Å²) in [5.74, 6) is 0.164. The number of aromatic nitrogens is 1. The Morgan fingerprint density at radius 1 is 1.28 bits per heavy atom. The van der Waals surface area contributed by atoms with Crippen LogP contribution in [0.2, 0.25) is 0 Å². The summed E-state index contributed by atoms with van der Waals surface area (Å²) in [6, 6.07) is 3.96. The molecule has 2 aliphatic carbocycles. The summed E-state index contributed by atoms with van der Waals surface area (Å²) in [6.07, 6.45) is 12.7. The second-order valence-electron chi connectivity index (χ2n) is 9.33. The minimum Gasteiger partial charge on any atom is -0.373 e. The van der Waals surface area contributed by atoms with Gasteiger partial charge in [-0.25, -0.2) is 0 Å². The van der Waals surface area contributed by atoms with E-state index in [9.17, 15) is 9.59 Å². The van der Waals surface area contributed by atoms with Gasteiger partial charge in [0.15, 0.2) is 0 Å². The van der Waals surface area contributed by atoms with Crippen molar-refractivity contribution in [2.75, 3.05) is 13.2 Å². The summed E-state index contributed by atoms with van der Waals surface area (Å²) < 4.78 is 8.09. The quantitative estimate of drug-likeness (QED) is 0.775. The van der Waals surface area contributed by atoms with Crippen LogP contribution in [0.5, 0.6) is 0 Å². The Kier molecular flexibility index (Phi) is 5.56. The van der Waals surface area contributed by atoms with E-state index in [1.54, 1.807) is 0 Å². The third-order valence-corrected chi connectivity index (χ3v) is 6.97. The predicted octanol–water partition coefficient (Wildman–Crippen LogP) is 2.72. The molecular formula is C23H33N3O3. The van der Waals surface area contributed by atoms with Crippen LogP contribution in [0.4, 0.5) is 0 Å². The molecule has 0 aromatic carbocycles. The van der Waals surface area contributed by atoms with Crippen molar-refractivity contribution in [3.05, 3.63) is 36.2 Å². The molecule has 1 spiro atoms. The van der Waals surface area contributed by atoms with Crippen molar-refractivity contribution in [3.8, 4) is 0 Å². The molecule has 0 bridgehead atoms. The molecule has 1 saturated carbocycles. The van der Waals surface area contributed by atoms with Crippen LogP contribution in [0.25, 0.3) is 0 Å². The topological polar surface area (TPSA) is 63.6 Å². The molecule has 3 aliphatic rings. The first-order chi connectivity index (χ1) is 13.9. The highest BCUT2D eigenvalue weighted by Gasteiger charge is 2.49. The standard InChI is InChI=1S/C23H33N3O3/c1-22(9-4-3-5-10-22)24-20(27)15-19-16-26(23(17-29-19)11-7-12-23)21(28)14-18-8-6-13-25(18)2/h3-4,6,8,13,19H,5,7,9-12,14-17H2,1-2H3,(H,24,27). The summed E-state index contributed by atoms with van der Waals surface area (Å²) >= 11 is 0. The number of aryl methyl sites for hydroxylation is 1. The first kappa shape index (κ1) is 20.2. The molecule has 2 atom stereocenters. The molecule has 158 valence electrons. The molecule has 6 nitrogen and oxygen atoms in total. The maximum Gasteiger partial charge on any atom is 0.229 e. The van der Waals surface area contributed by atoms with Crippen molar-refractivity contribution in [1.29, 1.82) is 0 Å². The zero-order chi connectivity index (χ0) is 20.5. The van der Waals surface area contributed by atoms with Crippen LogP contribution >= 0.6 is 0 Å². The second kappa shape index (κ2) is 7.98. The molecule has 2 heterocycles. The van der Waals surface area contributed by atoms with E-state index in [1.165, 1.54) is 0 Å². The van der Waals surface area contributed by atoms with Crippen LogP contribution < -0.4 is 5.32 Å². The Balaban J connectivity index is 1.38. The fourth-order valence-electron chi connectivity index (χ4n) is 4.89. The maximum atomic E-state index is 13.2. The first-order valence-corrected chi connectivity index (χ1v) is 10.9. The molecule has 4 rings (SSSR count). The molecule has 1 N–H and O–H groups in total. The van der Waals surface area contributed by atoms with Crippen LogP contribution in [0.1, 0.15) is 57.6 Å². The third kappa shape index (κ3) is 4.27. The van der Waals surface area contributed by atoms with Crippen LogP contribution in [0.3, 0.4) is 0 Å². The number of amides is 2. The number of carbonyl (C=O) groups is 2. The Hall–Kier alpha value is -2.08.